The lowest BCUT2D eigenvalue weighted by atomic mass is 10.00. The molecule has 0 aromatic heterocycles. The van der Waals surface area contributed by atoms with Crippen molar-refractivity contribution in [3.8, 4) is 0 Å². The average Bonchev–Trinajstić information content (AvgIpc) is 3.10. The van der Waals surface area contributed by atoms with Crippen LogP contribution in [0.4, 0.5) is 5.69 Å². The first kappa shape index (κ1) is 45.6. The summed E-state index contributed by atoms with van der Waals surface area (Å²) in [5.74, 6) is 0. The molecule has 0 aliphatic rings. The molecule has 1 aromatic carbocycles. The summed E-state index contributed by atoms with van der Waals surface area (Å²) in [6.45, 7) is 10.3. The molecule has 0 amide bonds. The van der Waals surface area contributed by atoms with E-state index in [0.717, 1.165) is 6.54 Å². The maximum absolute atomic E-state index is 11.2. The molecule has 286 valence electrons. The van der Waals surface area contributed by atoms with E-state index >= 15 is 0 Å². The summed E-state index contributed by atoms with van der Waals surface area (Å²) < 4.78 is 0. The molecule has 0 fully saturated rings. The summed E-state index contributed by atoms with van der Waals surface area (Å²) in [4.78, 5) is 13.6. The number of hydrogen-bond donors (Lipinski definition) is 0. The number of nitro groups is 1. The first-order chi connectivity index (χ1) is 24.0. The molecule has 0 heterocycles. The Bertz CT molecular complexity index is 801. The topological polar surface area (TPSA) is 46.4 Å². The van der Waals surface area contributed by atoms with Crippen LogP contribution in [0.5, 0.6) is 0 Å². The van der Waals surface area contributed by atoms with Crippen LogP contribution in [0.25, 0.3) is 0 Å². The molecule has 0 spiro atoms. The molecule has 4 heteroatoms. The molecule has 0 bridgehead atoms. The number of rotatable bonds is 37. The Labute approximate surface area is 306 Å². The second kappa shape index (κ2) is 33.7. The molecule has 0 saturated heterocycles. The van der Waals surface area contributed by atoms with Gasteiger partial charge in [0.1, 0.15) is 0 Å². The van der Waals surface area contributed by atoms with Crippen LogP contribution >= 0.6 is 0 Å². The Hall–Kier alpha value is -1.42. The van der Waals surface area contributed by atoms with Gasteiger partial charge in [0.05, 0.1) is 4.92 Å². The first-order valence-electron chi connectivity index (χ1n) is 22.0. The van der Waals surface area contributed by atoms with E-state index in [-0.39, 0.29) is 10.6 Å². The van der Waals surface area contributed by atoms with Crippen molar-refractivity contribution in [2.75, 3.05) is 0 Å². The fourth-order valence-electron chi connectivity index (χ4n) is 7.63. The SMILES string of the molecule is CCCCCCCCCCCCCCCCCC(C)N(Cc1ccc([N+](=O)[O-])cc1)C(C)CCCCCCCCCCCCCCCCC. The van der Waals surface area contributed by atoms with Crippen molar-refractivity contribution in [1.82, 2.24) is 4.90 Å². The summed E-state index contributed by atoms with van der Waals surface area (Å²) in [7, 11) is 0. The molecule has 1 rings (SSSR count). The van der Waals surface area contributed by atoms with Crippen molar-refractivity contribution >= 4 is 5.69 Å². The van der Waals surface area contributed by atoms with Crippen molar-refractivity contribution < 1.29 is 4.92 Å². The number of hydrogen-bond acceptors (Lipinski definition) is 3. The van der Waals surface area contributed by atoms with Crippen LogP contribution in [0.3, 0.4) is 0 Å². The largest absolute Gasteiger partial charge is 0.294 e. The van der Waals surface area contributed by atoms with Crippen LogP contribution in [0.2, 0.25) is 0 Å². The van der Waals surface area contributed by atoms with E-state index in [1.807, 2.05) is 12.1 Å². The number of nitrogens with zero attached hydrogens (tertiary/aromatic N) is 2. The van der Waals surface area contributed by atoms with E-state index in [1.54, 1.807) is 12.1 Å². The van der Waals surface area contributed by atoms with Gasteiger partial charge in [0.15, 0.2) is 0 Å². The van der Waals surface area contributed by atoms with Gasteiger partial charge >= 0.3 is 0 Å². The highest BCUT2D eigenvalue weighted by Gasteiger charge is 2.20. The van der Waals surface area contributed by atoms with Crippen molar-refractivity contribution in [2.24, 2.45) is 0 Å². The Kier molecular flexibility index (Phi) is 31.4. The third kappa shape index (κ3) is 27.0. The maximum Gasteiger partial charge on any atom is 0.269 e. The monoisotopic (exact) mass is 685 g/mol. The smallest absolute Gasteiger partial charge is 0.269 e. The molecule has 2 unspecified atom stereocenters. The van der Waals surface area contributed by atoms with Crippen molar-refractivity contribution in [3.05, 3.63) is 39.9 Å². The number of benzene rings is 1. The molecule has 49 heavy (non-hydrogen) atoms. The molecule has 0 saturated carbocycles. The molecule has 2 atom stereocenters. The van der Waals surface area contributed by atoms with Crippen LogP contribution in [0.15, 0.2) is 24.3 Å². The highest BCUT2D eigenvalue weighted by molar-refractivity contribution is 5.32. The number of unbranched alkanes of at least 4 members (excludes halogenated alkanes) is 28. The van der Waals surface area contributed by atoms with Gasteiger partial charge in [0.2, 0.25) is 0 Å². The Morgan fingerprint density at radius 2 is 0.735 bits per heavy atom. The summed E-state index contributed by atoms with van der Waals surface area (Å²) in [5.41, 5.74) is 1.38. The standard InChI is InChI=1S/C45H84N2O2/c1-5-7-9-11-13-15-17-19-21-23-25-27-29-31-33-35-42(3)46(41-44-37-39-45(40-38-44)47(48)49)43(4)36-34-32-30-28-26-24-22-20-18-16-14-12-10-8-6-2/h37-40,42-43H,5-36,41H2,1-4H3. The van der Waals surface area contributed by atoms with Gasteiger partial charge in [-0.3, -0.25) is 15.0 Å². The zero-order valence-electron chi connectivity index (χ0n) is 33.5. The van der Waals surface area contributed by atoms with Gasteiger partial charge in [-0.1, -0.05) is 219 Å². The lowest BCUT2D eigenvalue weighted by Gasteiger charge is -2.35. The lowest BCUT2D eigenvalue weighted by molar-refractivity contribution is -0.384. The number of non-ortho nitro benzene ring substituents is 1. The van der Waals surface area contributed by atoms with E-state index in [9.17, 15) is 10.1 Å². The fraction of sp³-hybridized carbons (Fsp3) is 0.867. The molecule has 0 radical (unpaired) electrons. The molecule has 0 aliphatic carbocycles. The normalized spacial score (nSPS) is 12.9. The third-order valence-corrected chi connectivity index (χ3v) is 11.1. The Morgan fingerprint density at radius 1 is 0.469 bits per heavy atom. The van der Waals surface area contributed by atoms with Crippen LogP contribution < -0.4 is 0 Å². The molecule has 0 N–H and O–H groups in total. The Morgan fingerprint density at radius 3 is 1.00 bits per heavy atom. The van der Waals surface area contributed by atoms with Crippen molar-refractivity contribution in [3.63, 3.8) is 0 Å². The van der Waals surface area contributed by atoms with Crippen molar-refractivity contribution in [1.29, 1.82) is 0 Å². The van der Waals surface area contributed by atoms with Gasteiger partial charge in [-0.2, -0.15) is 0 Å². The van der Waals surface area contributed by atoms with Gasteiger partial charge < -0.3 is 0 Å². The van der Waals surface area contributed by atoms with E-state index in [4.69, 9.17) is 0 Å². The predicted molar refractivity (Wildman–Crippen MR) is 217 cm³/mol. The second-order valence-electron chi connectivity index (χ2n) is 15.8. The number of nitro benzene ring substituents is 1. The van der Waals surface area contributed by atoms with Gasteiger partial charge in [-0.25, -0.2) is 0 Å². The molecule has 0 aliphatic heterocycles. The summed E-state index contributed by atoms with van der Waals surface area (Å²) in [5, 5.41) is 11.2. The quantitative estimate of drug-likeness (QED) is 0.0398. The predicted octanol–water partition coefficient (Wildman–Crippen LogP) is 15.7. The summed E-state index contributed by atoms with van der Waals surface area (Å²) in [6, 6.07) is 8.34. The fourth-order valence-corrected chi connectivity index (χ4v) is 7.63. The van der Waals surface area contributed by atoms with Crippen molar-refractivity contribution in [2.45, 2.75) is 252 Å². The molecule has 4 nitrogen and oxygen atoms in total. The van der Waals surface area contributed by atoms with Crippen LogP contribution in [0.1, 0.15) is 239 Å². The first-order valence-corrected chi connectivity index (χ1v) is 22.0. The Balaban J connectivity index is 2.26. The molecule has 1 aromatic rings. The molecular formula is C45H84N2O2. The minimum atomic E-state index is -0.292. The molecular weight excluding hydrogens is 601 g/mol. The van der Waals surface area contributed by atoms with Crippen LogP contribution in [-0.2, 0) is 6.54 Å². The second-order valence-corrected chi connectivity index (χ2v) is 15.8. The summed E-state index contributed by atoms with van der Waals surface area (Å²) in [6.07, 6.45) is 44.7. The van der Waals surface area contributed by atoms with Gasteiger partial charge in [0.25, 0.3) is 5.69 Å². The zero-order chi connectivity index (χ0) is 35.6. The average molecular weight is 685 g/mol. The van der Waals surface area contributed by atoms with E-state index in [0.29, 0.717) is 12.1 Å². The maximum atomic E-state index is 11.2. The van der Waals surface area contributed by atoms with Gasteiger partial charge in [-0.05, 0) is 32.3 Å². The third-order valence-electron chi connectivity index (χ3n) is 11.1. The van der Waals surface area contributed by atoms with Gasteiger partial charge in [0, 0.05) is 30.8 Å². The van der Waals surface area contributed by atoms with E-state index in [1.165, 1.54) is 211 Å². The lowest BCUT2D eigenvalue weighted by Crippen LogP contribution is -2.39. The highest BCUT2D eigenvalue weighted by atomic mass is 16.6. The van der Waals surface area contributed by atoms with Crippen LogP contribution in [-0.4, -0.2) is 21.9 Å². The van der Waals surface area contributed by atoms with E-state index < -0.39 is 0 Å². The summed E-state index contributed by atoms with van der Waals surface area (Å²) >= 11 is 0. The minimum Gasteiger partial charge on any atom is -0.294 e. The van der Waals surface area contributed by atoms with E-state index in [2.05, 4.69) is 32.6 Å². The highest BCUT2D eigenvalue weighted by Crippen LogP contribution is 2.23. The van der Waals surface area contributed by atoms with Gasteiger partial charge in [-0.15, -0.1) is 0 Å². The van der Waals surface area contributed by atoms with Crippen LogP contribution in [0, 0.1) is 10.1 Å². The zero-order valence-corrected chi connectivity index (χ0v) is 33.5. The minimum absolute atomic E-state index is 0.187.